The van der Waals surface area contributed by atoms with Gasteiger partial charge in [-0.15, -0.1) is 11.6 Å². The van der Waals surface area contributed by atoms with E-state index in [0.29, 0.717) is 0 Å². The van der Waals surface area contributed by atoms with E-state index in [1.165, 1.54) is 81.9 Å². The van der Waals surface area contributed by atoms with Crippen molar-refractivity contribution in [3.05, 3.63) is 0 Å². The summed E-state index contributed by atoms with van der Waals surface area (Å²) in [4.78, 5) is 0. The molecule has 0 bridgehead atoms. The standard InChI is InChI=1S/C14H29ClN/c1-16(13-9-6-10-14-16)12-8-5-3-2-4-7-11-15/h2-14H2,1H3/q+1. The number of alkyl halides is 1. The lowest BCUT2D eigenvalue weighted by molar-refractivity contribution is -0.914. The molecule has 16 heavy (non-hydrogen) atoms. The van der Waals surface area contributed by atoms with Crippen molar-refractivity contribution in [2.75, 3.05) is 32.6 Å². The lowest BCUT2D eigenvalue weighted by Gasteiger charge is -2.37. The van der Waals surface area contributed by atoms with Crippen molar-refractivity contribution < 1.29 is 4.48 Å². The third kappa shape index (κ3) is 6.10. The summed E-state index contributed by atoms with van der Waals surface area (Å²) >= 11 is 5.66. The van der Waals surface area contributed by atoms with E-state index < -0.39 is 0 Å². The molecule has 96 valence electrons. The van der Waals surface area contributed by atoms with Gasteiger partial charge in [0, 0.05) is 5.88 Å². The van der Waals surface area contributed by atoms with Gasteiger partial charge in [0.15, 0.2) is 0 Å². The molecule has 1 nitrogen and oxygen atoms in total. The van der Waals surface area contributed by atoms with E-state index in [2.05, 4.69) is 7.05 Å². The van der Waals surface area contributed by atoms with E-state index in [1.807, 2.05) is 0 Å². The largest absolute Gasteiger partial charge is 0.326 e. The molecule has 0 radical (unpaired) electrons. The predicted molar refractivity (Wildman–Crippen MR) is 73.1 cm³/mol. The number of nitrogens with zero attached hydrogens (tertiary/aromatic N) is 1. The summed E-state index contributed by atoms with van der Waals surface area (Å²) in [6, 6.07) is 0. The maximum atomic E-state index is 5.66. The second-order valence-corrected chi connectivity index (χ2v) is 6.04. The molecule has 1 fully saturated rings. The molecule has 1 heterocycles. The zero-order valence-corrected chi connectivity index (χ0v) is 11.8. The molecule has 0 amide bonds. The average molecular weight is 247 g/mol. The monoisotopic (exact) mass is 246 g/mol. The molecule has 0 N–H and O–H groups in total. The first kappa shape index (κ1) is 14.3. The van der Waals surface area contributed by atoms with Crippen LogP contribution < -0.4 is 0 Å². The number of piperidine rings is 1. The molecular weight excluding hydrogens is 218 g/mol. The first-order chi connectivity index (χ1) is 7.77. The number of rotatable bonds is 8. The van der Waals surface area contributed by atoms with Crippen LogP contribution in [-0.4, -0.2) is 37.0 Å². The number of unbranched alkanes of at least 4 members (excludes halogenated alkanes) is 5. The second-order valence-electron chi connectivity index (χ2n) is 5.66. The maximum Gasteiger partial charge on any atom is 0.0784 e. The lowest BCUT2D eigenvalue weighted by Crippen LogP contribution is -2.48. The first-order valence-electron chi connectivity index (χ1n) is 7.16. The van der Waals surface area contributed by atoms with Gasteiger partial charge in [0.25, 0.3) is 0 Å². The minimum atomic E-state index is 0.842. The van der Waals surface area contributed by atoms with Crippen LogP contribution in [0.4, 0.5) is 0 Å². The Hall–Kier alpha value is 0.250. The molecule has 1 aliphatic heterocycles. The number of likely N-dealkylation sites (tertiary alicyclic amines) is 1. The quantitative estimate of drug-likeness (QED) is 0.342. The Balaban J connectivity index is 1.93. The number of quaternary nitrogens is 1. The van der Waals surface area contributed by atoms with Crippen LogP contribution in [-0.2, 0) is 0 Å². The minimum absolute atomic E-state index is 0.842. The van der Waals surface area contributed by atoms with Crippen LogP contribution >= 0.6 is 11.6 Å². The lowest BCUT2D eigenvalue weighted by atomic mass is 10.1. The zero-order valence-electron chi connectivity index (χ0n) is 11.0. The fourth-order valence-electron chi connectivity index (χ4n) is 2.79. The smallest absolute Gasteiger partial charge is 0.0784 e. The van der Waals surface area contributed by atoms with Crippen molar-refractivity contribution in [1.29, 1.82) is 0 Å². The van der Waals surface area contributed by atoms with E-state index in [-0.39, 0.29) is 0 Å². The second kappa shape index (κ2) is 8.36. The highest BCUT2D eigenvalue weighted by atomic mass is 35.5. The van der Waals surface area contributed by atoms with Crippen LogP contribution in [0.1, 0.15) is 57.8 Å². The Morgan fingerprint density at radius 3 is 2.00 bits per heavy atom. The van der Waals surface area contributed by atoms with E-state index in [0.717, 1.165) is 5.88 Å². The summed E-state index contributed by atoms with van der Waals surface area (Å²) in [6.45, 7) is 4.26. The van der Waals surface area contributed by atoms with E-state index in [4.69, 9.17) is 11.6 Å². The van der Waals surface area contributed by atoms with Gasteiger partial charge in [-0.05, 0) is 38.5 Å². The van der Waals surface area contributed by atoms with E-state index in [1.54, 1.807) is 0 Å². The van der Waals surface area contributed by atoms with Crippen LogP contribution in [0.3, 0.4) is 0 Å². The Morgan fingerprint density at radius 1 is 0.812 bits per heavy atom. The molecule has 2 heteroatoms. The van der Waals surface area contributed by atoms with Crippen LogP contribution in [0.5, 0.6) is 0 Å². The topological polar surface area (TPSA) is 0 Å². The predicted octanol–water partition coefficient (Wildman–Crippen LogP) is 4.20. The van der Waals surface area contributed by atoms with Gasteiger partial charge in [-0.25, -0.2) is 0 Å². The molecule has 0 spiro atoms. The van der Waals surface area contributed by atoms with Crippen molar-refractivity contribution in [2.24, 2.45) is 0 Å². The van der Waals surface area contributed by atoms with E-state index in [9.17, 15) is 0 Å². The third-order valence-electron chi connectivity index (χ3n) is 3.98. The zero-order chi connectivity index (χ0) is 11.7. The average Bonchev–Trinajstić information content (AvgIpc) is 2.29. The number of hydrogen-bond acceptors (Lipinski definition) is 0. The molecule has 0 aliphatic carbocycles. The van der Waals surface area contributed by atoms with Crippen molar-refractivity contribution in [2.45, 2.75) is 57.8 Å². The highest BCUT2D eigenvalue weighted by Crippen LogP contribution is 2.17. The summed E-state index contributed by atoms with van der Waals surface area (Å²) in [6.07, 6.45) is 12.6. The van der Waals surface area contributed by atoms with Crippen molar-refractivity contribution in [3.63, 3.8) is 0 Å². The molecule has 0 aromatic carbocycles. The van der Waals surface area contributed by atoms with E-state index >= 15 is 0 Å². The molecule has 0 atom stereocenters. The van der Waals surface area contributed by atoms with Crippen LogP contribution in [0, 0.1) is 0 Å². The van der Waals surface area contributed by atoms with Crippen molar-refractivity contribution >= 4 is 11.6 Å². The fraction of sp³-hybridized carbons (Fsp3) is 1.00. The fourth-order valence-corrected chi connectivity index (χ4v) is 2.98. The highest BCUT2D eigenvalue weighted by molar-refractivity contribution is 6.17. The van der Waals surface area contributed by atoms with Gasteiger partial charge in [-0.2, -0.15) is 0 Å². The molecule has 0 saturated carbocycles. The van der Waals surface area contributed by atoms with Crippen molar-refractivity contribution in [1.82, 2.24) is 0 Å². The molecule has 0 aromatic rings. The Morgan fingerprint density at radius 2 is 1.38 bits per heavy atom. The Bertz CT molecular complexity index is 164. The molecule has 1 rings (SSSR count). The number of halogens is 1. The normalized spacial score (nSPS) is 19.9. The molecule has 1 saturated heterocycles. The van der Waals surface area contributed by atoms with Gasteiger partial charge < -0.3 is 4.48 Å². The minimum Gasteiger partial charge on any atom is -0.326 e. The molecular formula is C14H29ClN+. The Labute approximate surface area is 107 Å². The number of hydrogen-bond donors (Lipinski definition) is 0. The van der Waals surface area contributed by atoms with Crippen molar-refractivity contribution in [3.8, 4) is 0 Å². The Kier molecular flexibility index (Phi) is 7.47. The van der Waals surface area contributed by atoms with Crippen LogP contribution in [0.2, 0.25) is 0 Å². The third-order valence-corrected chi connectivity index (χ3v) is 4.24. The summed E-state index contributed by atoms with van der Waals surface area (Å²) in [5.74, 6) is 0.842. The summed E-state index contributed by atoms with van der Waals surface area (Å²) in [5.41, 5.74) is 0. The van der Waals surface area contributed by atoms with Gasteiger partial charge in [0.2, 0.25) is 0 Å². The summed E-state index contributed by atoms with van der Waals surface area (Å²) in [5, 5.41) is 0. The van der Waals surface area contributed by atoms with Gasteiger partial charge in [-0.3, -0.25) is 0 Å². The van der Waals surface area contributed by atoms with Gasteiger partial charge >= 0.3 is 0 Å². The molecule has 0 aromatic heterocycles. The summed E-state index contributed by atoms with van der Waals surface area (Å²) in [7, 11) is 2.45. The van der Waals surface area contributed by atoms with Gasteiger partial charge in [0.1, 0.15) is 0 Å². The van der Waals surface area contributed by atoms with Gasteiger partial charge in [0.05, 0.1) is 26.7 Å². The maximum absolute atomic E-state index is 5.66. The molecule has 0 unspecified atom stereocenters. The molecule has 1 aliphatic rings. The first-order valence-corrected chi connectivity index (χ1v) is 7.70. The van der Waals surface area contributed by atoms with Gasteiger partial charge in [-0.1, -0.05) is 19.3 Å². The van der Waals surface area contributed by atoms with Crippen LogP contribution in [0.25, 0.3) is 0 Å². The SMILES string of the molecule is C[N+]1(CCCCCCCCCl)CCCCC1. The highest BCUT2D eigenvalue weighted by Gasteiger charge is 2.23. The van der Waals surface area contributed by atoms with Crippen LogP contribution in [0.15, 0.2) is 0 Å². The summed E-state index contributed by atoms with van der Waals surface area (Å²) < 4.78 is 1.35.